The number of rotatable bonds is 7. The number of pyridine rings is 1. The quantitative estimate of drug-likeness (QED) is 0.523. The SMILES string of the molecule is CCC(CC)[NH2+]C(C)CN1c2ccccc2Sc2cccnc21.COS(=O)(=O)[O-]. The van der Waals surface area contributed by atoms with Gasteiger partial charge in [-0.2, -0.15) is 0 Å². The number of benzene rings is 1. The Hall–Kier alpha value is -1.65. The Labute approximate surface area is 177 Å². The van der Waals surface area contributed by atoms with Gasteiger partial charge in [-0.1, -0.05) is 37.7 Å². The molecule has 7 nitrogen and oxygen atoms in total. The van der Waals surface area contributed by atoms with Crippen LogP contribution in [0.2, 0.25) is 0 Å². The molecule has 2 aromatic rings. The van der Waals surface area contributed by atoms with Gasteiger partial charge in [-0.05, 0) is 44.0 Å². The van der Waals surface area contributed by atoms with Gasteiger partial charge in [-0.25, -0.2) is 13.4 Å². The minimum atomic E-state index is -4.41. The summed E-state index contributed by atoms with van der Waals surface area (Å²) in [7, 11) is -3.60. The lowest BCUT2D eigenvalue weighted by Crippen LogP contribution is -2.95. The van der Waals surface area contributed by atoms with Crippen LogP contribution in [-0.2, 0) is 14.6 Å². The van der Waals surface area contributed by atoms with Crippen molar-refractivity contribution in [3.63, 3.8) is 0 Å². The standard InChI is InChI=1S/C19H25N3S.CH4O4S/c1-4-15(5-2)21-14(3)13-22-16-9-6-7-10-17(16)23-18-11-8-12-20-19(18)22;1-5-6(2,3)4/h6-12,14-15,21H,4-5,13H2,1-3H3;1H3,(H,2,3,4). The highest BCUT2D eigenvalue weighted by molar-refractivity contribution is 7.99. The largest absolute Gasteiger partial charge is 0.726 e. The van der Waals surface area contributed by atoms with Gasteiger partial charge in [0.1, 0.15) is 11.9 Å². The molecule has 1 aliphatic rings. The highest BCUT2D eigenvalue weighted by atomic mass is 32.3. The minimum Gasteiger partial charge on any atom is -0.726 e. The third kappa shape index (κ3) is 6.97. The highest BCUT2D eigenvalue weighted by Gasteiger charge is 2.26. The molecule has 0 radical (unpaired) electrons. The van der Waals surface area contributed by atoms with Crippen molar-refractivity contribution in [1.82, 2.24) is 4.98 Å². The van der Waals surface area contributed by atoms with E-state index in [0.29, 0.717) is 12.1 Å². The molecule has 1 aromatic carbocycles. The van der Waals surface area contributed by atoms with Crippen molar-refractivity contribution >= 4 is 33.7 Å². The second-order valence-corrected chi connectivity index (χ2v) is 9.06. The first-order valence-corrected chi connectivity index (χ1v) is 11.8. The molecule has 1 aliphatic heterocycles. The normalized spacial score (nSPS) is 13.9. The van der Waals surface area contributed by atoms with Gasteiger partial charge in [0.15, 0.2) is 0 Å². The summed E-state index contributed by atoms with van der Waals surface area (Å²) in [6.45, 7) is 7.87. The molecule has 0 bridgehead atoms. The number of aromatic nitrogens is 1. The van der Waals surface area contributed by atoms with Gasteiger partial charge in [0.05, 0.1) is 30.3 Å². The van der Waals surface area contributed by atoms with Crippen LogP contribution < -0.4 is 10.2 Å². The summed E-state index contributed by atoms with van der Waals surface area (Å²) in [4.78, 5) is 9.63. The van der Waals surface area contributed by atoms with E-state index in [9.17, 15) is 13.0 Å². The van der Waals surface area contributed by atoms with Crippen LogP contribution in [0.15, 0.2) is 52.4 Å². The van der Waals surface area contributed by atoms with Gasteiger partial charge >= 0.3 is 0 Å². The van der Waals surface area contributed by atoms with E-state index in [1.54, 1.807) is 0 Å². The molecular formula is C20H29N3O4S2. The van der Waals surface area contributed by atoms with Crippen molar-refractivity contribution in [3.05, 3.63) is 42.6 Å². The van der Waals surface area contributed by atoms with E-state index in [4.69, 9.17) is 0 Å². The molecule has 1 atom stereocenters. The maximum Gasteiger partial charge on any atom is 0.217 e. The molecule has 0 amide bonds. The van der Waals surface area contributed by atoms with Crippen molar-refractivity contribution in [3.8, 4) is 0 Å². The molecule has 0 fully saturated rings. The number of nitrogens with two attached hydrogens (primary N) is 1. The lowest BCUT2D eigenvalue weighted by atomic mass is 10.1. The van der Waals surface area contributed by atoms with Gasteiger partial charge in [0.2, 0.25) is 10.4 Å². The van der Waals surface area contributed by atoms with E-state index in [2.05, 4.69) is 70.5 Å². The minimum absolute atomic E-state index is 0.533. The van der Waals surface area contributed by atoms with E-state index >= 15 is 0 Å². The third-order valence-electron chi connectivity index (χ3n) is 4.71. The molecule has 0 saturated heterocycles. The summed E-state index contributed by atoms with van der Waals surface area (Å²) in [5.41, 5.74) is 1.29. The van der Waals surface area contributed by atoms with E-state index in [-0.39, 0.29) is 0 Å². The van der Waals surface area contributed by atoms with Crippen molar-refractivity contribution in [1.29, 1.82) is 0 Å². The van der Waals surface area contributed by atoms with Crippen LogP contribution in [0, 0.1) is 0 Å². The summed E-state index contributed by atoms with van der Waals surface area (Å²) < 4.78 is 31.0. The second-order valence-electron chi connectivity index (χ2n) is 6.83. The van der Waals surface area contributed by atoms with Gasteiger partial charge in [0.25, 0.3) is 0 Å². The first-order valence-electron chi connectivity index (χ1n) is 9.64. The van der Waals surface area contributed by atoms with E-state index in [0.717, 1.165) is 19.5 Å². The molecule has 0 saturated carbocycles. The zero-order valence-corrected chi connectivity index (χ0v) is 18.9. The number of quaternary nitrogens is 1. The molecule has 2 N–H and O–H groups in total. The fraction of sp³-hybridized carbons (Fsp3) is 0.450. The topological polar surface area (TPSA) is 99.2 Å². The molecule has 160 valence electrons. The van der Waals surface area contributed by atoms with Crippen molar-refractivity contribution in [2.75, 3.05) is 18.6 Å². The van der Waals surface area contributed by atoms with Crippen LogP contribution in [0.3, 0.4) is 0 Å². The fourth-order valence-electron chi connectivity index (χ4n) is 3.22. The molecule has 1 unspecified atom stereocenters. The predicted molar refractivity (Wildman–Crippen MR) is 114 cm³/mol. The van der Waals surface area contributed by atoms with Crippen LogP contribution in [0.4, 0.5) is 11.5 Å². The fourth-order valence-corrected chi connectivity index (χ4v) is 4.29. The zero-order valence-electron chi connectivity index (χ0n) is 17.2. The summed E-state index contributed by atoms with van der Waals surface area (Å²) in [5.74, 6) is 1.10. The average Bonchev–Trinajstić information content (AvgIpc) is 2.71. The molecule has 0 aliphatic carbocycles. The number of hydrogen-bond acceptors (Lipinski definition) is 7. The Balaban J connectivity index is 0.000000438. The van der Waals surface area contributed by atoms with Crippen LogP contribution in [0.5, 0.6) is 0 Å². The molecule has 0 spiro atoms. The second kappa shape index (κ2) is 10.9. The number of hydrogen-bond donors (Lipinski definition) is 1. The number of fused-ring (bicyclic) bond motifs is 2. The van der Waals surface area contributed by atoms with Crippen molar-refractivity contribution in [2.24, 2.45) is 0 Å². The smallest absolute Gasteiger partial charge is 0.217 e. The first kappa shape index (κ1) is 23.6. The average molecular weight is 440 g/mol. The van der Waals surface area contributed by atoms with Crippen LogP contribution in [0.25, 0.3) is 0 Å². The number of anilines is 2. The van der Waals surface area contributed by atoms with Gasteiger partial charge in [0, 0.05) is 11.1 Å². The summed E-state index contributed by atoms with van der Waals surface area (Å²) in [6, 6.07) is 14.1. The molecule has 9 heteroatoms. The molecular weight excluding hydrogens is 410 g/mol. The van der Waals surface area contributed by atoms with E-state index < -0.39 is 10.4 Å². The first-order chi connectivity index (χ1) is 13.8. The summed E-state index contributed by atoms with van der Waals surface area (Å²) in [5, 5.41) is 2.52. The Morgan fingerprint density at radius 2 is 1.79 bits per heavy atom. The van der Waals surface area contributed by atoms with Crippen LogP contribution in [0.1, 0.15) is 33.6 Å². The molecule has 1 aromatic heterocycles. The maximum atomic E-state index is 9.22. The van der Waals surface area contributed by atoms with E-state index in [1.807, 2.05) is 24.0 Å². The van der Waals surface area contributed by atoms with Crippen molar-refractivity contribution < 1.29 is 22.5 Å². The Kier molecular flexibility index (Phi) is 8.91. The molecule has 2 heterocycles. The number of nitrogens with zero attached hydrogens (tertiary/aromatic N) is 2. The van der Waals surface area contributed by atoms with Crippen molar-refractivity contribution in [2.45, 2.75) is 55.5 Å². The van der Waals surface area contributed by atoms with Crippen LogP contribution >= 0.6 is 11.8 Å². The molecule has 29 heavy (non-hydrogen) atoms. The molecule has 3 rings (SSSR count). The lowest BCUT2D eigenvalue weighted by Gasteiger charge is -2.33. The maximum absolute atomic E-state index is 9.22. The summed E-state index contributed by atoms with van der Waals surface area (Å²) >= 11 is 1.82. The predicted octanol–water partition coefficient (Wildman–Crippen LogP) is 2.92. The Bertz CT molecular complexity index is 843. The van der Waals surface area contributed by atoms with Gasteiger partial charge in [-0.3, -0.25) is 4.18 Å². The Morgan fingerprint density at radius 3 is 2.41 bits per heavy atom. The lowest BCUT2D eigenvalue weighted by molar-refractivity contribution is -0.716. The Morgan fingerprint density at radius 1 is 1.17 bits per heavy atom. The number of para-hydroxylation sites is 1. The summed E-state index contributed by atoms with van der Waals surface area (Å²) in [6.07, 6.45) is 4.35. The van der Waals surface area contributed by atoms with E-state index in [1.165, 1.54) is 28.3 Å². The van der Waals surface area contributed by atoms with Crippen LogP contribution in [-0.4, -0.2) is 43.7 Å². The van der Waals surface area contributed by atoms with Gasteiger partial charge in [-0.15, -0.1) is 0 Å². The third-order valence-corrected chi connectivity index (χ3v) is 6.22. The van der Waals surface area contributed by atoms with Gasteiger partial charge < -0.3 is 14.8 Å². The highest BCUT2D eigenvalue weighted by Crippen LogP contribution is 2.46. The monoisotopic (exact) mass is 439 g/mol. The zero-order chi connectivity index (χ0) is 21.4.